The normalized spacial score (nSPS) is 10.6. The van der Waals surface area contributed by atoms with Gasteiger partial charge in [-0.3, -0.25) is 0 Å². The van der Waals surface area contributed by atoms with Crippen LogP contribution in [0.2, 0.25) is 0 Å². The van der Waals surface area contributed by atoms with E-state index in [1.54, 1.807) is 0 Å². The van der Waals surface area contributed by atoms with Crippen molar-refractivity contribution in [1.82, 2.24) is 5.32 Å². The molecule has 2 aromatic rings. The summed E-state index contributed by atoms with van der Waals surface area (Å²) in [5, 5.41) is 3.14. The minimum atomic E-state index is 0.590. The Balaban J connectivity index is 2.06. The maximum absolute atomic E-state index is 5.90. The van der Waals surface area contributed by atoms with Crippen molar-refractivity contribution in [2.75, 3.05) is 7.05 Å². The van der Waals surface area contributed by atoms with E-state index in [0.717, 1.165) is 16.8 Å². The van der Waals surface area contributed by atoms with Gasteiger partial charge in [0.05, 0.1) is 4.47 Å². The summed E-state index contributed by atoms with van der Waals surface area (Å²) in [7, 11) is 1.94. The Labute approximate surface area is 129 Å². The first kappa shape index (κ1) is 15.1. The summed E-state index contributed by atoms with van der Waals surface area (Å²) in [5.41, 5.74) is 4.98. The second-order valence-corrected chi connectivity index (χ2v) is 5.93. The molecule has 0 bridgehead atoms. The van der Waals surface area contributed by atoms with E-state index in [2.05, 4.69) is 65.4 Å². The second kappa shape index (κ2) is 6.91. The van der Waals surface area contributed by atoms with Gasteiger partial charge in [0.15, 0.2) is 0 Å². The van der Waals surface area contributed by atoms with Crippen molar-refractivity contribution >= 4 is 15.9 Å². The van der Waals surface area contributed by atoms with Crippen LogP contribution in [-0.4, -0.2) is 7.05 Å². The third kappa shape index (κ3) is 4.09. The Hall–Kier alpha value is -1.32. The summed E-state index contributed by atoms with van der Waals surface area (Å²) in [4.78, 5) is 0. The fourth-order valence-electron chi connectivity index (χ4n) is 2.29. The van der Waals surface area contributed by atoms with E-state index < -0.39 is 0 Å². The van der Waals surface area contributed by atoms with Gasteiger partial charge in [0.1, 0.15) is 12.4 Å². The lowest BCUT2D eigenvalue weighted by Gasteiger charge is -2.11. The summed E-state index contributed by atoms with van der Waals surface area (Å²) < 4.78 is 6.89. The Kier molecular flexibility index (Phi) is 5.21. The molecule has 3 heteroatoms. The molecule has 0 aliphatic heterocycles. The van der Waals surface area contributed by atoms with E-state index in [-0.39, 0.29) is 0 Å². The van der Waals surface area contributed by atoms with Crippen LogP contribution < -0.4 is 10.1 Å². The van der Waals surface area contributed by atoms with Crippen molar-refractivity contribution in [1.29, 1.82) is 0 Å². The van der Waals surface area contributed by atoms with Crippen LogP contribution in [0.1, 0.15) is 22.3 Å². The van der Waals surface area contributed by atoms with Gasteiger partial charge in [0, 0.05) is 6.54 Å². The zero-order valence-electron chi connectivity index (χ0n) is 12.2. The summed E-state index contributed by atoms with van der Waals surface area (Å²) in [6, 6.07) is 12.7. The van der Waals surface area contributed by atoms with E-state index in [1.807, 2.05) is 13.1 Å². The van der Waals surface area contributed by atoms with Gasteiger partial charge in [0.25, 0.3) is 0 Å². The first-order valence-corrected chi connectivity index (χ1v) is 7.51. The molecule has 1 N–H and O–H groups in total. The van der Waals surface area contributed by atoms with Gasteiger partial charge < -0.3 is 10.1 Å². The minimum Gasteiger partial charge on any atom is -0.488 e. The van der Waals surface area contributed by atoms with Crippen LogP contribution in [0.15, 0.2) is 40.9 Å². The van der Waals surface area contributed by atoms with Gasteiger partial charge >= 0.3 is 0 Å². The summed E-state index contributed by atoms with van der Waals surface area (Å²) in [5.74, 6) is 0.879. The Bertz CT molecular complexity index is 575. The van der Waals surface area contributed by atoms with Gasteiger partial charge in [-0.05, 0) is 60.1 Å². The monoisotopic (exact) mass is 333 g/mol. The van der Waals surface area contributed by atoms with Crippen LogP contribution in [-0.2, 0) is 13.2 Å². The lowest BCUT2D eigenvalue weighted by atomic mass is 10.1. The molecule has 0 fully saturated rings. The predicted octanol–water partition coefficient (Wildman–Crippen LogP) is 4.36. The predicted molar refractivity (Wildman–Crippen MR) is 87.2 cm³/mol. The summed E-state index contributed by atoms with van der Waals surface area (Å²) >= 11 is 3.57. The van der Waals surface area contributed by atoms with Gasteiger partial charge in [-0.1, -0.05) is 35.4 Å². The number of ether oxygens (including phenoxy) is 1. The van der Waals surface area contributed by atoms with Crippen LogP contribution in [0, 0.1) is 13.8 Å². The largest absolute Gasteiger partial charge is 0.488 e. The third-order valence-corrected chi connectivity index (χ3v) is 3.67. The Morgan fingerprint density at radius 2 is 1.70 bits per heavy atom. The molecule has 2 aromatic carbocycles. The third-order valence-electron chi connectivity index (χ3n) is 3.05. The van der Waals surface area contributed by atoms with E-state index in [0.29, 0.717) is 6.61 Å². The average Bonchev–Trinajstić information content (AvgIpc) is 2.37. The maximum atomic E-state index is 5.90. The van der Waals surface area contributed by atoms with Gasteiger partial charge in [-0.2, -0.15) is 0 Å². The van der Waals surface area contributed by atoms with Gasteiger partial charge in [-0.25, -0.2) is 0 Å². The molecule has 0 unspecified atom stereocenters. The van der Waals surface area contributed by atoms with Crippen LogP contribution in [0.3, 0.4) is 0 Å². The molecular weight excluding hydrogens is 314 g/mol. The zero-order chi connectivity index (χ0) is 14.5. The lowest BCUT2D eigenvalue weighted by molar-refractivity contribution is 0.304. The molecule has 0 aliphatic carbocycles. The van der Waals surface area contributed by atoms with Gasteiger partial charge in [-0.15, -0.1) is 0 Å². The standard InChI is InChI=1S/C17H20BrNO/c1-12-6-13(2)8-15(7-12)11-20-17-5-4-14(10-19-3)9-16(17)18/h4-9,19H,10-11H2,1-3H3. The van der Waals surface area contributed by atoms with Crippen molar-refractivity contribution < 1.29 is 4.74 Å². The van der Waals surface area contributed by atoms with Crippen LogP contribution >= 0.6 is 15.9 Å². The van der Waals surface area contributed by atoms with Crippen molar-refractivity contribution in [2.45, 2.75) is 27.0 Å². The molecule has 0 radical (unpaired) electrons. The van der Waals surface area contributed by atoms with E-state index in [9.17, 15) is 0 Å². The highest BCUT2D eigenvalue weighted by Gasteiger charge is 2.04. The molecule has 0 saturated heterocycles. The highest BCUT2D eigenvalue weighted by atomic mass is 79.9. The second-order valence-electron chi connectivity index (χ2n) is 5.08. The number of halogens is 1. The topological polar surface area (TPSA) is 21.3 Å². The molecule has 2 rings (SSSR count). The summed E-state index contributed by atoms with van der Waals surface area (Å²) in [6.07, 6.45) is 0. The Morgan fingerprint density at radius 3 is 2.30 bits per heavy atom. The molecule has 2 nitrogen and oxygen atoms in total. The highest BCUT2D eigenvalue weighted by molar-refractivity contribution is 9.10. The quantitative estimate of drug-likeness (QED) is 0.877. The van der Waals surface area contributed by atoms with E-state index in [4.69, 9.17) is 4.74 Å². The lowest BCUT2D eigenvalue weighted by Crippen LogP contribution is -2.05. The maximum Gasteiger partial charge on any atom is 0.134 e. The number of hydrogen-bond acceptors (Lipinski definition) is 2. The SMILES string of the molecule is CNCc1ccc(OCc2cc(C)cc(C)c2)c(Br)c1. The molecule has 0 aromatic heterocycles. The molecule has 0 amide bonds. The van der Waals surface area contributed by atoms with Crippen molar-refractivity contribution in [2.24, 2.45) is 0 Å². The molecule has 0 spiro atoms. The molecule has 20 heavy (non-hydrogen) atoms. The number of hydrogen-bond donors (Lipinski definition) is 1. The van der Waals surface area contributed by atoms with Crippen molar-refractivity contribution in [3.8, 4) is 5.75 Å². The van der Waals surface area contributed by atoms with Crippen LogP contribution in [0.5, 0.6) is 5.75 Å². The first-order valence-electron chi connectivity index (χ1n) is 6.71. The molecule has 0 saturated carbocycles. The molecule has 0 heterocycles. The molecule has 0 atom stereocenters. The Morgan fingerprint density at radius 1 is 1.00 bits per heavy atom. The number of rotatable bonds is 5. The number of nitrogens with one attached hydrogen (secondary N) is 1. The molecule has 0 aliphatic rings. The minimum absolute atomic E-state index is 0.590. The number of aryl methyl sites for hydroxylation is 2. The van der Waals surface area contributed by atoms with Crippen molar-refractivity contribution in [3.63, 3.8) is 0 Å². The fraction of sp³-hybridized carbons (Fsp3) is 0.294. The zero-order valence-corrected chi connectivity index (χ0v) is 13.8. The smallest absolute Gasteiger partial charge is 0.134 e. The van der Waals surface area contributed by atoms with E-state index >= 15 is 0 Å². The summed E-state index contributed by atoms with van der Waals surface area (Å²) in [6.45, 7) is 5.67. The molecular formula is C17H20BrNO. The number of benzene rings is 2. The average molecular weight is 334 g/mol. The fourth-order valence-corrected chi connectivity index (χ4v) is 2.83. The van der Waals surface area contributed by atoms with Crippen LogP contribution in [0.25, 0.3) is 0 Å². The highest BCUT2D eigenvalue weighted by Crippen LogP contribution is 2.27. The van der Waals surface area contributed by atoms with Crippen LogP contribution in [0.4, 0.5) is 0 Å². The van der Waals surface area contributed by atoms with E-state index in [1.165, 1.54) is 22.3 Å². The van der Waals surface area contributed by atoms with Gasteiger partial charge in [0.2, 0.25) is 0 Å². The molecule has 106 valence electrons. The first-order chi connectivity index (χ1) is 9.58. The van der Waals surface area contributed by atoms with Crippen molar-refractivity contribution in [3.05, 3.63) is 63.1 Å².